The molecule has 1 aliphatic rings. The third-order valence-electron chi connectivity index (χ3n) is 3.40. The molecule has 0 aliphatic carbocycles. The first kappa shape index (κ1) is 11.7. The summed E-state index contributed by atoms with van der Waals surface area (Å²) in [7, 11) is 0. The van der Waals surface area contributed by atoms with Gasteiger partial charge in [-0.2, -0.15) is 0 Å². The van der Waals surface area contributed by atoms with Crippen LogP contribution in [0.1, 0.15) is 5.56 Å². The molecule has 0 spiro atoms. The summed E-state index contributed by atoms with van der Waals surface area (Å²) in [4.78, 5) is 14.2. The van der Waals surface area contributed by atoms with Gasteiger partial charge in [0.05, 0.1) is 5.36 Å². The van der Waals surface area contributed by atoms with E-state index in [9.17, 15) is 4.79 Å². The molecule has 2 aromatic rings. The van der Waals surface area contributed by atoms with E-state index in [1.54, 1.807) is 29.1 Å². The number of nitrogens with zero attached hydrogens (tertiary/aromatic N) is 2. The van der Waals surface area contributed by atoms with Crippen molar-refractivity contribution in [2.24, 2.45) is 0 Å². The Labute approximate surface area is 111 Å². The minimum atomic E-state index is 0.0904. The maximum absolute atomic E-state index is 12.3. The van der Waals surface area contributed by atoms with Crippen molar-refractivity contribution in [1.29, 1.82) is 5.41 Å². The van der Waals surface area contributed by atoms with Gasteiger partial charge in [0.15, 0.2) is 0 Å². The number of para-hydroxylation sites is 1. The SMILES string of the molecule is N=c1ccn(CC(=O)N2CCc3ccccc32)cc1. The molecule has 1 aromatic heterocycles. The van der Waals surface area contributed by atoms with E-state index in [0.29, 0.717) is 11.9 Å². The predicted octanol–water partition coefficient (Wildman–Crippen LogP) is 1.56. The summed E-state index contributed by atoms with van der Waals surface area (Å²) in [5.41, 5.74) is 2.27. The number of carbonyl (C=O) groups excluding carboxylic acids is 1. The number of nitrogens with one attached hydrogen (secondary N) is 1. The molecule has 19 heavy (non-hydrogen) atoms. The van der Waals surface area contributed by atoms with Gasteiger partial charge in [0.1, 0.15) is 6.54 Å². The number of carbonyl (C=O) groups is 1. The average molecular weight is 253 g/mol. The van der Waals surface area contributed by atoms with Crippen molar-refractivity contribution >= 4 is 11.6 Å². The fraction of sp³-hybridized carbons (Fsp3) is 0.200. The monoisotopic (exact) mass is 253 g/mol. The Morgan fingerprint density at radius 2 is 1.89 bits per heavy atom. The minimum Gasteiger partial charge on any atom is -0.345 e. The molecular formula is C15H15N3O. The van der Waals surface area contributed by atoms with E-state index in [2.05, 4.69) is 6.07 Å². The predicted molar refractivity (Wildman–Crippen MR) is 72.8 cm³/mol. The summed E-state index contributed by atoms with van der Waals surface area (Å²) in [6.07, 6.45) is 4.46. The second kappa shape index (κ2) is 4.72. The van der Waals surface area contributed by atoms with E-state index in [1.165, 1.54) is 5.56 Å². The number of hydrogen-bond acceptors (Lipinski definition) is 2. The van der Waals surface area contributed by atoms with Crippen LogP contribution in [0.2, 0.25) is 0 Å². The highest BCUT2D eigenvalue weighted by Crippen LogP contribution is 2.27. The van der Waals surface area contributed by atoms with E-state index in [0.717, 1.165) is 18.7 Å². The maximum atomic E-state index is 12.3. The van der Waals surface area contributed by atoms with Gasteiger partial charge >= 0.3 is 0 Å². The number of fused-ring (bicyclic) bond motifs is 1. The summed E-state index contributed by atoms with van der Waals surface area (Å²) >= 11 is 0. The van der Waals surface area contributed by atoms with Crippen LogP contribution in [0, 0.1) is 5.41 Å². The van der Waals surface area contributed by atoms with Crippen LogP contribution in [0.25, 0.3) is 0 Å². The van der Waals surface area contributed by atoms with Crippen LogP contribution in [0.3, 0.4) is 0 Å². The summed E-state index contributed by atoms with van der Waals surface area (Å²) in [5, 5.41) is 7.88. The van der Waals surface area contributed by atoms with E-state index < -0.39 is 0 Å². The molecule has 0 fully saturated rings. The number of benzene rings is 1. The van der Waals surface area contributed by atoms with E-state index in [4.69, 9.17) is 5.41 Å². The van der Waals surface area contributed by atoms with Gasteiger partial charge in [0.25, 0.3) is 0 Å². The third-order valence-corrected chi connectivity index (χ3v) is 3.40. The van der Waals surface area contributed by atoms with E-state index in [-0.39, 0.29) is 5.91 Å². The van der Waals surface area contributed by atoms with Crippen LogP contribution in [-0.2, 0) is 17.8 Å². The molecule has 2 heterocycles. The lowest BCUT2D eigenvalue weighted by Crippen LogP contribution is -2.32. The molecule has 4 heteroatoms. The van der Waals surface area contributed by atoms with Gasteiger partial charge in [-0.05, 0) is 30.2 Å². The molecule has 0 radical (unpaired) electrons. The van der Waals surface area contributed by atoms with E-state index >= 15 is 0 Å². The topological polar surface area (TPSA) is 49.1 Å². The number of anilines is 1. The number of hydrogen-bond donors (Lipinski definition) is 1. The molecule has 4 nitrogen and oxygen atoms in total. The average Bonchev–Trinajstić information content (AvgIpc) is 2.85. The van der Waals surface area contributed by atoms with Crippen LogP contribution in [0.15, 0.2) is 48.8 Å². The Bertz CT molecular complexity index is 655. The van der Waals surface area contributed by atoms with Gasteiger partial charge in [-0.3, -0.25) is 4.79 Å². The van der Waals surface area contributed by atoms with Crippen LogP contribution < -0.4 is 10.3 Å². The summed E-state index contributed by atoms with van der Waals surface area (Å²) in [6.45, 7) is 1.07. The largest absolute Gasteiger partial charge is 0.345 e. The highest BCUT2D eigenvalue weighted by molar-refractivity contribution is 5.95. The van der Waals surface area contributed by atoms with E-state index in [1.807, 2.05) is 23.1 Å². The third kappa shape index (κ3) is 2.29. The molecule has 1 N–H and O–H groups in total. The molecule has 0 bridgehead atoms. The highest BCUT2D eigenvalue weighted by atomic mass is 16.2. The van der Waals surface area contributed by atoms with Gasteiger partial charge in [0.2, 0.25) is 5.91 Å². The zero-order valence-electron chi connectivity index (χ0n) is 10.5. The zero-order valence-corrected chi connectivity index (χ0v) is 10.5. The van der Waals surface area contributed by atoms with Crippen LogP contribution in [0.4, 0.5) is 5.69 Å². The molecule has 0 saturated carbocycles. The standard InChI is InChI=1S/C15H15N3O/c16-13-6-8-17(9-7-13)11-15(19)18-10-5-12-3-1-2-4-14(12)18/h1-4,6-9,16H,5,10-11H2. The maximum Gasteiger partial charge on any atom is 0.246 e. The van der Waals surface area contributed by atoms with Crippen molar-refractivity contribution in [1.82, 2.24) is 4.57 Å². The van der Waals surface area contributed by atoms with Crippen LogP contribution >= 0.6 is 0 Å². The Morgan fingerprint density at radius 3 is 2.68 bits per heavy atom. The lowest BCUT2D eigenvalue weighted by molar-refractivity contribution is -0.119. The lowest BCUT2D eigenvalue weighted by atomic mass is 10.2. The van der Waals surface area contributed by atoms with Gasteiger partial charge in [-0.1, -0.05) is 18.2 Å². The summed E-state index contributed by atoms with van der Waals surface area (Å²) < 4.78 is 1.81. The Kier molecular flexibility index (Phi) is 2.91. The van der Waals surface area contributed by atoms with Gasteiger partial charge < -0.3 is 14.9 Å². The Hall–Kier alpha value is -2.36. The zero-order chi connectivity index (χ0) is 13.2. The molecule has 0 atom stereocenters. The molecule has 1 aliphatic heterocycles. The normalized spacial score (nSPS) is 13.4. The Balaban J connectivity index is 1.79. The molecule has 96 valence electrons. The first-order chi connectivity index (χ1) is 9.24. The molecular weight excluding hydrogens is 238 g/mol. The highest BCUT2D eigenvalue weighted by Gasteiger charge is 2.23. The second-order valence-electron chi connectivity index (χ2n) is 4.68. The molecule has 3 rings (SSSR count). The number of pyridine rings is 1. The minimum absolute atomic E-state index is 0.0904. The van der Waals surface area contributed by atoms with Crippen molar-refractivity contribution in [2.45, 2.75) is 13.0 Å². The number of amides is 1. The summed E-state index contributed by atoms with van der Waals surface area (Å²) in [5.74, 6) is 0.0904. The number of rotatable bonds is 2. The van der Waals surface area contributed by atoms with Crippen molar-refractivity contribution in [2.75, 3.05) is 11.4 Å². The molecule has 0 saturated heterocycles. The molecule has 1 amide bonds. The first-order valence-electron chi connectivity index (χ1n) is 6.33. The van der Waals surface area contributed by atoms with Crippen molar-refractivity contribution in [3.05, 3.63) is 59.7 Å². The van der Waals surface area contributed by atoms with Crippen LogP contribution in [0.5, 0.6) is 0 Å². The van der Waals surface area contributed by atoms with Gasteiger partial charge in [-0.25, -0.2) is 0 Å². The second-order valence-corrected chi connectivity index (χ2v) is 4.68. The van der Waals surface area contributed by atoms with Crippen molar-refractivity contribution < 1.29 is 4.79 Å². The van der Waals surface area contributed by atoms with Crippen molar-refractivity contribution in [3.63, 3.8) is 0 Å². The smallest absolute Gasteiger partial charge is 0.246 e. The quantitative estimate of drug-likeness (QED) is 0.867. The van der Waals surface area contributed by atoms with Crippen LogP contribution in [-0.4, -0.2) is 17.0 Å². The molecule has 0 unspecified atom stereocenters. The Morgan fingerprint density at radius 1 is 1.16 bits per heavy atom. The van der Waals surface area contributed by atoms with Crippen molar-refractivity contribution in [3.8, 4) is 0 Å². The fourth-order valence-electron chi connectivity index (χ4n) is 2.40. The lowest BCUT2D eigenvalue weighted by Gasteiger charge is -2.18. The van der Waals surface area contributed by atoms with Gasteiger partial charge in [-0.15, -0.1) is 0 Å². The van der Waals surface area contributed by atoms with Gasteiger partial charge in [0, 0.05) is 24.6 Å². The number of aromatic nitrogens is 1. The summed E-state index contributed by atoms with van der Waals surface area (Å²) in [6, 6.07) is 11.4. The fourth-order valence-corrected chi connectivity index (χ4v) is 2.40. The first-order valence-corrected chi connectivity index (χ1v) is 6.33. The molecule has 1 aromatic carbocycles.